The van der Waals surface area contributed by atoms with E-state index < -0.39 is 0 Å². The SMILES string of the molecule is COc1ccc(C(NCc2ccc(C#N)s2)C(C)C)cc1. The first-order valence-corrected chi connectivity index (χ1v) is 7.82. The smallest absolute Gasteiger partial charge is 0.118 e. The molecule has 1 unspecified atom stereocenters. The van der Waals surface area contributed by atoms with Gasteiger partial charge in [-0.25, -0.2) is 0 Å². The van der Waals surface area contributed by atoms with Crippen LogP contribution in [0.1, 0.15) is 35.2 Å². The highest BCUT2D eigenvalue weighted by atomic mass is 32.1. The van der Waals surface area contributed by atoms with Gasteiger partial charge >= 0.3 is 0 Å². The first-order valence-electron chi connectivity index (χ1n) is 7.00. The Morgan fingerprint density at radius 3 is 2.43 bits per heavy atom. The number of thiophene rings is 1. The van der Waals surface area contributed by atoms with E-state index >= 15 is 0 Å². The van der Waals surface area contributed by atoms with E-state index in [1.807, 2.05) is 24.3 Å². The van der Waals surface area contributed by atoms with E-state index in [-0.39, 0.29) is 6.04 Å². The van der Waals surface area contributed by atoms with Crippen molar-refractivity contribution in [1.29, 1.82) is 5.26 Å². The highest BCUT2D eigenvalue weighted by Crippen LogP contribution is 2.25. The number of ether oxygens (including phenoxy) is 1. The maximum Gasteiger partial charge on any atom is 0.118 e. The third-order valence-corrected chi connectivity index (χ3v) is 4.40. The number of nitriles is 1. The minimum absolute atomic E-state index is 0.281. The Morgan fingerprint density at radius 1 is 1.19 bits per heavy atom. The van der Waals surface area contributed by atoms with Gasteiger partial charge < -0.3 is 10.1 Å². The van der Waals surface area contributed by atoms with Crippen molar-refractivity contribution in [2.45, 2.75) is 26.4 Å². The van der Waals surface area contributed by atoms with E-state index in [1.165, 1.54) is 10.4 Å². The number of benzene rings is 1. The second-order valence-electron chi connectivity index (χ2n) is 5.25. The fraction of sp³-hybridized carbons (Fsp3) is 0.353. The van der Waals surface area contributed by atoms with E-state index in [0.29, 0.717) is 5.92 Å². The normalized spacial score (nSPS) is 12.1. The summed E-state index contributed by atoms with van der Waals surface area (Å²) in [6, 6.07) is 14.5. The first kappa shape index (κ1) is 15.6. The van der Waals surface area contributed by atoms with Crippen LogP contribution in [0.4, 0.5) is 0 Å². The number of hydrogen-bond donors (Lipinski definition) is 1. The Kier molecular flexibility index (Phi) is 5.38. The largest absolute Gasteiger partial charge is 0.497 e. The molecule has 21 heavy (non-hydrogen) atoms. The molecule has 0 radical (unpaired) electrons. The highest BCUT2D eigenvalue weighted by molar-refractivity contribution is 7.12. The second-order valence-corrected chi connectivity index (χ2v) is 6.42. The maximum atomic E-state index is 8.87. The minimum Gasteiger partial charge on any atom is -0.497 e. The van der Waals surface area contributed by atoms with Crippen LogP contribution in [0, 0.1) is 17.2 Å². The molecule has 0 amide bonds. The standard InChI is InChI=1S/C17H20N2OS/c1-12(2)17(13-4-6-14(20-3)7-5-13)19-11-16-9-8-15(10-18)21-16/h4-9,12,17,19H,11H2,1-3H3. The van der Waals surface area contributed by atoms with Crippen molar-refractivity contribution in [3.05, 3.63) is 51.7 Å². The molecule has 2 rings (SSSR count). The molecule has 0 saturated heterocycles. The summed E-state index contributed by atoms with van der Waals surface area (Å²) < 4.78 is 5.20. The van der Waals surface area contributed by atoms with Crippen LogP contribution in [0.3, 0.4) is 0 Å². The molecule has 0 saturated carbocycles. The molecule has 1 heterocycles. The summed E-state index contributed by atoms with van der Waals surface area (Å²) in [6.07, 6.45) is 0. The lowest BCUT2D eigenvalue weighted by Crippen LogP contribution is -2.25. The zero-order chi connectivity index (χ0) is 15.2. The second kappa shape index (κ2) is 7.26. The lowest BCUT2D eigenvalue weighted by molar-refractivity contribution is 0.405. The van der Waals surface area contributed by atoms with Crippen molar-refractivity contribution in [1.82, 2.24) is 5.32 Å². The number of nitrogens with zero attached hydrogens (tertiary/aromatic N) is 1. The number of nitrogens with one attached hydrogen (secondary N) is 1. The van der Waals surface area contributed by atoms with Crippen LogP contribution < -0.4 is 10.1 Å². The van der Waals surface area contributed by atoms with Gasteiger partial charge in [0.15, 0.2) is 0 Å². The Balaban J connectivity index is 2.06. The molecular formula is C17H20N2OS. The van der Waals surface area contributed by atoms with Gasteiger partial charge in [-0.15, -0.1) is 11.3 Å². The Hall–Kier alpha value is -1.83. The van der Waals surface area contributed by atoms with Crippen LogP contribution >= 0.6 is 11.3 Å². The molecule has 110 valence electrons. The fourth-order valence-corrected chi connectivity index (χ4v) is 3.05. The van der Waals surface area contributed by atoms with Crippen molar-refractivity contribution in [2.24, 2.45) is 5.92 Å². The van der Waals surface area contributed by atoms with Crippen molar-refractivity contribution in [2.75, 3.05) is 7.11 Å². The van der Waals surface area contributed by atoms with Gasteiger partial charge in [0, 0.05) is 17.5 Å². The third kappa shape index (κ3) is 4.07. The lowest BCUT2D eigenvalue weighted by atomic mass is 9.96. The summed E-state index contributed by atoms with van der Waals surface area (Å²) in [5, 5.41) is 12.5. The molecule has 0 aliphatic heterocycles. The van der Waals surface area contributed by atoms with Gasteiger partial charge in [0.2, 0.25) is 0 Å². The third-order valence-electron chi connectivity index (χ3n) is 3.41. The zero-order valence-electron chi connectivity index (χ0n) is 12.6. The maximum absolute atomic E-state index is 8.87. The van der Waals surface area contributed by atoms with Gasteiger partial charge in [-0.05, 0) is 35.7 Å². The van der Waals surface area contributed by atoms with Gasteiger partial charge in [0.25, 0.3) is 0 Å². The van der Waals surface area contributed by atoms with Gasteiger partial charge in [-0.3, -0.25) is 0 Å². The molecule has 3 nitrogen and oxygen atoms in total. The predicted octanol–water partition coefficient (Wildman–Crippen LogP) is 4.12. The molecule has 0 aliphatic carbocycles. The molecule has 0 aliphatic rings. The summed E-state index contributed by atoms with van der Waals surface area (Å²) in [6.45, 7) is 5.19. The van der Waals surface area contributed by atoms with Crippen molar-refractivity contribution >= 4 is 11.3 Å². The van der Waals surface area contributed by atoms with Gasteiger partial charge in [-0.2, -0.15) is 5.26 Å². The molecule has 0 fully saturated rings. The molecule has 1 aromatic carbocycles. The quantitative estimate of drug-likeness (QED) is 0.873. The van der Waals surface area contributed by atoms with Crippen molar-refractivity contribution in [3.8, 4) is 11.8 Å². The monoisotopic (exact) mass is 300 g/mol. The summed E-state index contributed by atoms with van der Waals surface area (Å²) in [5.74, 6) is 1.35. The number of methoxy groups -OCH3 is 1. The van der Waals surface area contributed by atoms with E-state index in [2.05, 4.69) is 37.4 Å². The van der Waals surface area contributed by atoms with Crippen LogP contribution in [0.15, 0.2) is 36.4 Å². The van der Waals surface area contributed by atoms with Crippen LogP contribution in [-0.2, 0) is 6.54 Å². The van der Waals surface area contributed by atoms with Crippen LogP contribution in [0.5, 0.6) is 5.75 Å². The lowest BCUT2D eigenvalue weighted by Gasteiger charge is -2.23. The Bertz CT molecular complexity index is 610. The van der Waals surface area contributed by atoms with Crippen molar-refractivity contribution < 1.29 is 4.74 Å². The molecule has 2 aromatic rings. The van der Waals surface area contributed by atoms with Gasteiger partial charge in [0.1, 0.15) is 16.7 Å². The molecule has 1 atom stereocenters. The average Bonchev–Trinajstić information content (AvgIpc) is 2.96. The highest BCUT2D eigenvalue weighted by Gasteiger charge is 2.15. The van der Waals surface area contributed by atoms with Gasteiger partial charge in [-0.1, -0.05) is 26.0 Å². The molecule has 0 spiro atoms. The minimum atomic E-state index is 0.281. The van der Waals surface area contributed by atoms with E-state index in [9.17, 15) is 0 Å². The van der Waals surface area contributed by atoms with Crippen LogP contribution in [0.2, 0.25) is 0 Å². The molecule has 1 aromatic heterocycles. The fourth-order valence-electron chi connectivity index (χ4n) is 2.29. The molecule has 4 heteroatoms. The number of rotatable bonds is 6. The molecule has 0 bridgehead atoms. The first-order chi connectivity index (χ1) is 10.1. The molecular weight excluding hydrogens is 280 g/mol. The van der Waals surface area contributed by atoms with Crippen LogP contribution in [-0.4, -0.2) is 7.11 Å². The summed E-state index contributed by atoms with van der Waals surface area (Å²) in [4.78, 5) is 1.95. The Labute approximate surface area is 130 Å². The summed E-state index contributed by atoms with van der Waals surface area (Å²) in [7, 11) is 1.68. The van der Waals surface area contributed by atoms with E-state index in [0.717, 1.165) is 17.2 Å². The number of hydrogen-bond acceptors (Lipinski definition) is 4. The predicted molar refractivity (Wildman–Crippen MR) is 86.4 cm³/mol. The summed E-state index contributed by atoms with van der Waals surface area (Å²) in [5.41, 5.74) is 1.25. The average molecular weight is 300 g/mol. The molecule has 1 N–H and O–H groups in total. The van der Waals surface area contributed by atoms with Crippen LogP contribution in [0.25, 0.3) is 0 Å². The van der Waals surface area contributed by atoms with E-state index in [4.69, 9.17) is 10.00 Å². The van der Waals surface area contributed by atoms with Gasteiger partial charge in [0.05, 0.1) is 7.11 Å². The van der Waals surface area contributed by atoms with E-state index in [1.54, 1.807) is 18.4 Å². The summed E-state index contributed by atoms with van der Waals surface area (Å²) >= 11 is 1.54. The topological polar surface area (TPSA) is 45.0 Å². The zero-order valence-corrected chi connectivity index (χ0v) is 13.4. The Morgan fingerprint density at radius 2 is 1.90 bits per heavy atom. The van der Waals surface area contributed by atoms with Crippen molar-refractivity contribution in [3.63, 3.8) is 0 Å².